The van der Waals surface area contributed by atoms with Gasteiger partial charge in [0.1, 0.15) is 6.10 Å². The molecule has 1 aliphatic rings. The fraction of sp³-hybridized carbons (Fsp3) is 0.167. The molecule has 1 heterocycles. The van der Waals surface area contributed by atoms with Crippen LogP contribution in [0.25, 0.3) is 0 Å². The van der Waals surface area contributed by atoms with Crippen molar-refractivity contribution in [2.45, 2.75) is 26.4 Å². The average Bonchev–Trinajstić information content (AvgIpc) is 2.67. The van der Waals surface area contributed by atoms with Gasteiger partial charge in [-0.15, -0.1) is 0 Å². The molecule has 0 spiro atoms. The molecule has 0 saturated heterocycles. The van der Waals surface area contributed by atoms with E-state index in [-0.39, 0.29) is 18.0 Å². The fourth-order valence-corrected chi connectivity index (χ4v) is 3.64. The summed E-state index contributed by atoms with van der Waals surface area (Å²) in [5, 5.41) is 2.95. The van der Waals surface area contributed by atoms with E-state index in [9.17, 15) is 9.59 Å². The van der Waals surface area contributed by atoms with E-state index in [1.54, 1.807) is 18.2 Å². The second-order valence-electron chi connectivity index (χ2n) is 7.21. The number of fused-ring (bicyclic) bond motifs is 1. The third-order valence-corrected chi connectivity index (χ3v) is 4.89. The van der Waals surface area contributed by atoms with Gasteiger partial charge in [0.15, 0.2) is 0 Å². The van der Waals surface area contributed by atoms with E-state index in [1.807, 2.05) is 56.3 Å². The number of cyclic esters (lactones) is 1. The fourth-order valence-electron chi connectivity index (χ4n) is 3.64. The third kappa shape index (κ3) is 3.67. The van der Waals surface area contributed by atoms with Crippen molar-refractivity contribution < 1.29 is 14.3 Å². The Morgan fingerprint density at radius 1 is 0.964 bits per heavy atom. The maximum absolute atomic E-state index is 12.7. The summed E-state index contributed by atoms with van der Waals surface area (Å²) in [6, 6.07) is 20.7. The van der Waals surface area contributed by atoms with E-state index in [4.69, 9.17) is 4.74 Å². The van der Waals surface area contributed by atoms with Gasteiger partial charge < -0.3 is 10.1 Å². The van der Waals surface area contributed by atoms with Crippen molar-refractivity contribution in [3.05, 3.63) is 100 Å². The molecule has 0 unspecified atom stereocenters. The lowest BCUT2D eigenvalue weighted by Crippen LogP contribution is -2.23. The summed E-state index contributed by atoms with van der Waals surface area (Å²) in [4.78, 5) is 25.1. The molecule has 0 bridgehead atoms. The van der Waals surface area contributed by atoms with Gasteiger partial charge in [-0.05, 0) is 66.4 Å². The standard InChI is InChI=1S/C24H21NO3/c1-15-10-16(2)12-20(11-15)25-23(26)18-8-9-21-19(13-18)14-22(28-24(21)27)17-6-4-3-5-7-17/h3-13,22H,14H2,1-2H3,(H,25,26)/t22-/m1/s1. The Morgan fingerprint density at radius 2 is 1.68 bits per heavy atom. The van der Waals surface area contributed by atoms with Crippen LogP contribution in [0.4, 0.5) is 5.69 Å². The SMILES string of the molecule is Cc1cc(C)cc(NC(=O)c2ccc3c(c2)C[C@H](c2ccccc2)OC3=O)c1. The Morgan fingerprint density at radius 3 is 2.39 bits per heavy atom. The molecule has 0 fully saturated rings. The molecule has 1 atom stereocenters. The summed E-state index contributed by atoms with van der Waals surface area (Å²) in [5.41, 5.74) is 5.78. The van der Waals surface area contributed by atoms with Crippen molar-refractivity contribution in [3.8, 4) is 0 Å². The minimum atomic E-state index is -0.351. The maximum atomic E-state index is 12.7. The van der Waals surface area contributed by atoms with Crippen molar-refractivity contribution >= 4 is 17.6 Å². The summed E-state index contributed by atoms with van der Waals surface area (Å²) in [6.45, 7) is 3.99. The van der Waals surface area contributed by atoms with Crippen LogP contribution < -0.4 is 5.32 Å². The van der Waals surface area contributed by atoms with Crippen LogP contribution in [-0.4, -0.2) is 11.9 Å². The van der Waals surface area contributed by atoms with Crippen molar-refractivity contribution in [3.63, 3.8) is 0 Å². The number of aryl methyl sites for hydroxylation is 2. The van der Waals surface area contributed by atoms with Crippen LogP contribution in [0.1, 0.15) is 49.1 Å². The number of amides is 1. The minimum Gasteiger partial charge on any atom is -0.454 e. The number of anilines is 1. The van der Waals surface area contributed by atoms with Crippen LogP contribution in [0.3, 0.4) is 0 Å². The van der Waals surface area contributed by atoms with E-state index < -0.39 is 0 Å². The number of ether oxygens (including phenoxy) is 1. The number of rotatable bonds is 3. The Labute approximate surface area is 164 Å². The number of hydrogen-bond acceptors (Lipinski definition) is 3. The van der Waals surface area contributed by atoms with Gasteiger partial charge in [-0.1, -0.05) is 36.4 Å². The molecule has 3 aromatic carbocycles. The van der Waals surface area contributed by atoms with E-state index in [0.717, 1.165) is 27.9 Å². The van der Waals surface area contributed by atoms with E-state index in [0.29, 0.717) is 17.5 Å². The van der Waals surface area contributed by atoms with Crippen molar-refractivity contribution in [1.82, 2.24) is 0 Å². The van der Waals surface area contributed by atoms with Gasteiger partial charge in [-0.25, -0.2) is 4.79 Å². The Kier molecular flexibility index (Phi) is 4.70. The summed E-state index contributed by atoms with van der Waals surface area (Å²) in [7, 11) is 0. The highest BCUT2D eigenvalue weighted by Gasteiger charge is 2.28. The van der Waals surface area contributed by atoms with Crippen molar-refractivity contribution in [2.24, 2.45) is 0 Å². The first-order chi connectivity index (χ1) is 13.5. The van der Waals surface area contributed by atoms with E-state index >= 15 is 0 Å². The zero-order valence-corrected chi connectivity index (χ0v) is 15.9. The van der Waals surface area contributed by atoms with Gasteiger partial charge in [0, 0.05) is 17.7 Å². The van der Waals surface area contributed by atoms with Gasteiger partial charge in [0.25, 0.3) is 5.91 Å². The number of carbonyl (C=O) groups is 2. The van der Waals surface area contributed by atoms with Gasteiger partial charge in [-0.2, -0.15) is 0 Å². The molecule has 0 aromatic heterocycles. The monoisotopic (exact) mass is 371 g/mol. The van der Waals surface area contributed by atoms with E-state index in [2.05, 4.69) is 11.4 Å². The smallest absolute Gasteiger partial charge is 0.339 e. The van der Waals surface area contributed by atoms with E-state index in [1.165, 1.54) is 0 Å². The van der Waals surface area contributed by atoms with Crippen LogP contribution in [-0.2, 0) is 11.2 Å². The highest BCUT2D eigenvalue weighted by Crippen LogP contribution is 2.31. The molecule has 3 aromatic rings. The second kappa shape index (κ2) is 7.31. The Balaban J connectivity index is 1.59. The van der Waals surface area contributed by atoms with Crippen molar-refractivity contribution in [2.75, 3.05) is 5.32 Å². The lowest BCUT2D eigenvalue weighted by molar-refractivity contribution is 0.0252. The highest BCUT2D eigenvalue weighted by molar-refractivity contribution is 6.05. The molecular weight excluding hydrogens is 350 g/mol. The number of hydrogen-bond donors (Lipinski definition) is 1. The van der Waals surface area contributed by atoms with Crippen LogP contribution >= 0.6 is 0 Å². The van der Waals surface area contributed by atoms with Gasteiger partial charge in [-0.3, -0.25) is 4.79 Å². The Bertz CT molecular complexity index is 1040. The molecule has 0 aliphatic carbocycles. The number of carbonyl (C=O) groups excluding carboxylic acids is 2. The summed E-state index contributed by atoms with van der Waals surface area (Å²) >= 11 is 0. The summed E-state index contributed by atoms with van der Waals surface area (Å²) in [6.07, 6.45) is 0.217. The van der Waals surface area contributed by atoms with Crippen LogP contribution in [0.15, 0.2) is 66.7 Å². The largest absolute Gasteiger partial charge is 0.454 e. The highest BCUT2D eigenvalue weighted by atomic mass is 16.5. The molecule has 4 rings (SSSR count). The molecule has 28 heavy (non-hydrogen) atoms. The normalized spacial score (nSPS) is 15.5. The Hall–Kier alpha value is -3.40. The molecule has 1 amide bonds. The minimum absolute atomic E-state index is 0.192. The molecule has 4 heteroatoms. The van der Waals surface area contributed by atoms with Gasteiger partial charge >= 0.3 is 5.97 Å². The molecular formula is C24H21NO3. The molecule has 140 valence electrons. The predicted octanol–water partition coefficient (Wildman–Crippen LogP) is 5.01. The maximum Gasteiger partial charge on any atom is 0.339 e. The first-order valence-electron chi connectivity index (χ1n) is 9.28. The predicted molar refractivity (Wildman–Crippen MR) is 109 cm³/mol. The van der Waals surface area contributed by atoms with Crippen molar-refractivity contribution in [1.29, 1.82) is 0 Å². The second-order valence-corrected chi connectivity index (χ2v) is 7.21. The molecule has 1 N–H and O–H groups in total. The molecule has 4 nitrogen and oxygen atoms in total. The van der Waals surface area contributed by atoms with Crippen LogP contribution in [0.2, 0.25) is 0 Å². The molecule has 0 radical (unpaired) electrons. The lowest BCUT2D eigenvalue weighted by Gasteiger charge is -2.25. The quantitative estimate of drug-likeness (QED) is 0.659. The average molecular weight is 371 g/mol. The zero-order valence-electron chi connectivity index (χ0n) is 15.9. The first-order valence-corrected chi connectivity index (χ1v) is 9.28. The van der Waals surface area contributed by atoms with Gasteiger partial charge in [0.05, 0.1) is 5.56 Å². The van der Waals surface area contributed by atoms with Gasteiger partial charge in [0.2, 0.25) is 0 Å². The zero-order chi connectivity index (χ0) is 19.7. The number of benzene rings is 3. The number of esters is 1. The topological polar surface area (TPSA) is 55.4 Å². The molecule has 0 saturated carbocycles. The lowest BCUT2D eigenvalue weighted by atomic mass is 9.93. The number of nitrogens with one attached hydrogen (secondary N) is 1. The first kappa shape index (κ1) is 18.0. The van der Waals surface area contributed by atoms with Crippen LogP contribution in [0, 0.1) is 13.8 Å². The summed E-state index contributed by atoms with van der Waals surface area (Å²) < 4.78 is 5.58. The molecule has 1 aliphatic heterocycles. The van der Waals surface area contributed by atoms with Crippen LogP contribution in [0.5, 0.6) is 0 Å². The summed E-state index contributed by atoms with van der Waals surface area (Å²) in [5.74, 6) is -0.542. The third-order valence-electron chi connectivity index (χ3n) is 4.89.